The molecule has 5 heteroatoms. The second-order valence-electron chi connectivity index (χ2n) is 4.67. The standard InChI is InChI=1S/C16H15ClFN3/c1-2-20(13-8-6-12(18)7-9-13)16-14(11-17)21-10-4-3-5-15(21)19-16/h3-10H,2,11H2,1H3. The van der Waals surface area contributed by atoms with Crippen molar-refractivity contribution in [3.05, 3.63) is 60.2 Å². The molecule has 0 fully saturated rings. The lowest BCUT2D eigenvalue weighted by molar-refractivity contribution is 0.628. The lowest BCUT2D eigenvalue weighted by Gasteiger charge is -2.21. The Balaban J connectivity index is 2.14. The number of nitrogens with zero attached hydrogens (tertiary/aromatic N) is 3. The van der Waals surface area contributed by atoms with Gasteiger partial charge in [-0.05, 0) is 43.3 Å². The van der Waals surface area contributed by atoms with E-state index in [-0.39, 0.29) is 5.82 Å². The van der Waals surface area contributed by atoms with Crippen molar-refractivity contribution in [3.8, 4) is 0 Å². The monoisotopic (exact) mass is 303 g/mol. The van der Waals surface area contributed by atoms with Gasteiger partial charge in [0.2, 0.25) is 0 Å². The molecule has 2 heterocycles. The predicted molar refractivity (Wildman–Crippen MR) is 83.8 cm³/mol. The van der Waals surface area contributed by atoms with Crippen LogP contribution in [0, 0.1) is 5.82 Å². The summed E-state index contributed by atoms with van der Waals surface area (Å²) in [6.07, 6.45) is 1.95. The summed E-state index contributed by atoms with van der Waals surface area (Å²) in [6.45, 7) is 2.75. The lowest BCUT2D eigenvalue weighted by atomic mass is 10.2. The molecule has 0 radical (unpaired) electrons. The van der Waals surface area contributed by atoms with E-state index < -0.39 is 0 Å². The largest absolute Gasteiger partial charge is 0.325 e. The molecule has 0 N–H and O–H groups in total. The third-order valence-corrected chi connectivity index (χ3v) is 3.70. The quantitative estimate of drug-likeness (QED) is 0.667. The Bertz CT molecular complexity index is 752. The minimum Gasteiger partial charge on any atom is -0.325 e. The van der Waals surface area contributed by atoms with E-state index in [0.717, 1.165) is 29.4 Å². The molecule has 0 amide bonds. The molecule has 21 heavy (non-hydrogen) atoms. The van der Waals surface area contributed by atoms with Crippen LogP contribution in [0.25, 0.3) is 5.65 Å². The van der Waals surface area contributed by atoms with Crippen molar-refractivity contribution in [2.24, 2.45) is 0 Å². The smallest absolute Gasteiger partial charge is 0.156 e. The molecule has 2 aromatic heterocycles. The highest BCUT2D eigenvalue weighted by Gasteiger charge is 2.17. The van der Waals surface area contributed by atoms with Gasteiger partial charge in [-0.3, -0.25) is 0 Å². The number of hydrogen-bond acceptors (Lipinski definition) is 2. The summed E-state index contributed by atoms with van der Waals surface area (Å²) in [7, 11) is 0. The van der Waals surface area contributed by atoms with Gasteiger partial charge in [0.15, 0.2) is 5.82 Å². The van der Waals surface area contributed by atoms with Crippen LogP contribution in [0.5, 0.6) is 0 Å². The maximum Gasteiger partial charge on any atom is 0.156 e. The average Bonchev–Trinajstić information content (AvgIpc) is 2.88. The van der Waals surface area contributed by atoms with Gasteiger partial charge in [0.1, 0.15) is 11.5 Å². The first-order chi connectivity index (χ1) is 10.2. The van der Waals surface area contributed by atoms with Crippen LogP contribution < -0.4 is 4.90 Å². The Hall–Kier alpha value is -2.07. The molecule has 0 aliphatic carbocycles. The van der Waals surface area contributed by atoms with E-state index in [2.05, 4.69) is 4.98 Å². The minimum atomic E-state index is -0.248. The molecule has 3 aromatic rings. The number of imidazole rings is 1. The maximum atomic E-state index is 13.1. The number of alkyl halides is 1. The third kappa shape index (κ3) is 2.47. The van der Waals surface area contributed by atoms with E-state index in [9.17, 15) is 4.39 Å². The van der Waals surface area contributed by atoms with Crippen LogP contribution in [0.4, 0.5) is 15.9 Å². The van der Waals surface area contributed by atoms with Crippen LogP contribution in [0.2, 0.25) is 0 Å². The molecule has 0 aliphatic rings. The van der Waals surface area contributed by atoms with E-state index in [1.807, 2.05) is 40.6 Å². The van der Waals surface area contributed by atoms with Gasteiger partial charge < -0.3 is 9.30 Å². The molecule has 0 atom stereocenters. The molecule has 108 valence electrons. The number of benzene rings is 1. The summed E-state index contributed by atoms with van der Waals surface area (Å²) in [5, 5.41) is 0. The van der Waals surface area contributed by atoms with Gasteiger partial charge in [-0.1, -0.05) is 6.07 Å². The van der Waals surface area contributed by atoms with E-state index in [0.29, 0.717) is 5.88 Å². The predicted octanol–water partition coefficient (Wildman–Crippen LogP) is 4.37. The number of hydrogen-bond donors (Lipinski definition) is 0. The molecular weight excluding hydrogens is 289 g/mol. The first kappa shape index (κ1) is 13.9. The van der Waals surface area contributed by atoms with E-state index in [1.165, 1.54) is 12.1 Å². The molecule has 1 aromatic carbocycles. The number of halogens is 2. The van der Waals surface area contributed by atoms with Crippen LogP contribution in [0.15, 0.2) is 48.7 Å². The number of rotatable bonds is 4. The molecule has 0 unspecified atom stereocenters. The van der Waals surface area contributed by atoms with Gasteiger partial charge >= 0.3 is 0 Å². The molecule has 0 saturated heterocycles. The SMILES string of the molecule is CCN(c1ccc(F)cc1)c1nc2ccccn2c1CCl. The van der Waals surface area contributed by atoms with Crippen molar-refractivity contribution in [2.45, 2.75) is 12.8 Å². The highest BCUT2D eigenvalue weighted by Crippen LogP contribution is 2.29. The summed E-state index contributed by atoms with van der Waals surface area (Å²) >= 11 is 6.12. The number of anilines is 2. The molecule has 3 rings (SSSR count). The Morgan fingerprint density at radius 3 is 2.62 bits per heavy atom. The van der Waals surface area contributed by atoms with Crippen LogP contribution in [0.3, 0.4) is 0 Å². The molecule has 0 spiro atoms. The van der Waals surface area contributed by atoms with Crippen molar-refractivity contribution in [2.75, 3.05) is 11.4 Å². The second-order valence-corrected chi connectivity index (χ2v) is 4.93. The molecular formula is C16H15ClFN3. The van der Waals surface area contributed by atoms with Crippen LogP contribution in [-0.2, 0) is 5.88 Å². The highest BCUT2D eigenvalue weighted by molar-refractivity contribution is 6.17. The molecule has 3 nitrogen and oxygen atoms in total. The van der Waals surface area contributed by atoms with Crippen molar-refractivity contribution < 1.29 is 4.39 Å². The summed E-state index contributed by atoms with van der Waals surface area (Å²) in [5.41, 5.74) is 2.68. The normalized spacial score (nSPS) is 11.0. The van der Waals surface area contributed by atoms with E-state index >= 15 is 0 Å². The van der Waals surface area contributed by atoms with Gasteiger partial charge in [-0.15, -0.1) is 11.6 Å². The van der Waals surface area contributed by atoms with E-state index in [1.54, 1.807) is 12.1 Å². The fourth-order valence-electron chi connectivity index (χ4n) is 2.45. The second kappa shape index (κ2) is 5.74. The zero-order valence-corrected chi connectivity index (χ0v) is 12.4. The number of fused-ring (bicyclic) bond motifs is 1. The molecule has 0 bridgehead atoms. The van der Waals surface area contributed by atoms with Gasteiger partial charge in [0.25, 0.3) is 0 Å². The Morgan fingerprint density at radius 2 is 1.95 bits per heavy atom. The Labute approximate surface area is 127 Å². The molecule has 0 aliphatic heterocycles. The van der Waals surface area contributed by atoms with Gasteiger partial charge in [0.05, 0.1) is 11.6 Å². The summed E-state index contributed by atoms with van der Waals surface area (Å²) in [6, 6.07) is 12.2. The van der Waals surface area contributed by atoms with E-state index in [4.69, 9.17) is 11.6 Å². The molecule has 0 saturated carbocycles. The zero-order valence-electron chi connectivity index (χ0n) is 11.6. The van der Waals surface area contributed by atoms with Crippen LogP contribution in [-0.4, -0.2) is 15.9 Å². The van der Waals surface area contributed by atoms with Crippen molar-refractivity contribution in [3.63, 3.8) is 0 Å². The Kier molecular flexibility index (Phi) is 3.80. The van der Waals surface area contributed by atoms with Gasteiger partial charge in [-0.2, -0.15) is 0 Å². The summed E-state index contributed by atoms with van der Waals surface area (Å²) in [5.74, 6) is 0.922. The van der Waals surface area contributed by atoms with Crippen molar-refractivity contribution >= 4 is 28.8 Å². The van der Waals surface area contributed by atoms with Gasteiger partial charge in [-0.25, -0.2) is 9.37 Å². The Morgan fingerprint density at radius 1 is 1.19 bits per heavy atom. The van der Waals surface area contributed by atoms with Crippen LogP contribution >= 0.6 is 11.6 Å². The number of aromatic nitrogens is 2. The highest BCUT2D eigenvalue weighted by atomic mass is 35.5. The van der Waals surface area contributed by atoms with Crippen molar-refractivity contribution in [1.82, 2.24) is 9.38 Å². The first-order valence-corrected chi connectivity index (χ1v) is 7.33. The maximum absolute atomic E-state index is 13.1. The topological polar surface area (TPSA) is 20.5 Å². The summed E-state index contributed by atoms with van der Waals surface area (Å²) in [4.78, 5) is 6.70. The minimum absolute atomic E-state index is 0.248. The first-order valence-electron chi connectivity index (χ1n) is 6.79. The van der Waals surface area contributed by atoms with Crippen molar-refractivity contribution in [1.29, 1.82) is 0 Å². The fraction of sp³-hybridized carbons (Fsp3) is 0.188. The zero-order chi connectivity index (χ0) is 14.8. The third-order valence-electron chi connectivity index (χ3n) is 3.44. The lowest BCUT2D eigenvalue weighted by Crippen LogP contribution is -2.18. The number of pyridine rings is 1. The average molecular weight is 304 g/mol. The van der Waals surface area contributed by atoms with Crippen LogP contribution in [0.1, 0.15) is 12.6 Å². The summed E-state index contributed by atoms with van der Waals surface area (Å²) < 4.78 is 15.1. The van der Waals surface area contributed by atoms with Gasteiger partial charge in [0, 0.05) is 18.4 Å². The fourth-order valence-corrected chi connectivity index (χ4v) is 2.70.